The maximum atomic E-state index is 11.9. The van der Waals surface area contributed by atoms with Crippen molar-refractivity contribution in [2.45, 2.75) is 65.2 Å². The minimum Gasteiger partial charge on any atom is -0.472 e. The maximum Gasteiger partial charge on any atom is 0.251 e. The van der Waals surface area contributed by atoms with Gasteiger partial charge in [-0.25, -0.2) is 4.98 Å². The lowest BCUT2D eigenvalue weighted by atomic mass is 10.00. The number of hydrogen-bond acceptors (Lipinski definition) is 4. The van der Waals surface area contributed by atoms with Crippen LogP contribution in [0.4, 0.5) is 0 Å². The zero-order chi connectivity index (χ0) is 16.1. The molecule has 1 aromatic heterocycles. The van der Waals surface area contributed by atoms with Crippen LogP contribution in [-0.2, 0) is 11.3 Å². The van der Waals surface area contributed by atoms with Crippen molar-refractivity contribution in [3.05, 3.63) is 23.9 Å². The summed E-state index contributed by atoms with van der Waals surface area (Å²) in [6.07, 6.45) is 2.85. The molecule has 1 heterocycles. The fraction of sp³-hybridized carbons (Fsp3) is 0.625. The van der Waals surface area contributed by atoms with Crippen LogP contribution in [0.25, 0.3) is 0 Å². The molecule has 0 spiro atoms. The second-order valence-corrected chi connectivity index (χ2v) is 6.43. The van der Waals surface area contributed by atoms with Crippen molar-refractivity contribution in [2.75, 3.05) is 0 Å². The molecular weight excluding hydrogens is 268 g/mol. The lowest BCUT2D eigenvalue weighted by Crippen LogP contribution is -2.44. The summed E-state index contributed by atoms with van der Waals surface area (Å²) in [5.41, 5.74) is -0.754. The monoisotopic (exact) mass is 294 g/mol. The number of carbonyl (C=O) groups excluding carboxylic acids is 1. The number of pyridine rings is 1. The van der Waals surface area contributed by atoms with E-state index < -0.39 is 5.60 Å². The molecule has 0 saturated carbocycles. The molecule has 2 N–H and O–H groups in total. The van der Waals surface area contributed by atoms with Gasteiger partial charge in [-0.2, -0.15) is 0 Å². The number of hydrogen-bond donors (Lipinski definition) is 2. The number of rotatable bonds is 6. The minimum atomic E-state index is -1.32. The number of amides is 1. The van der Waals surface area contributed by atoms with Gasteiger partial charge >= 0.3 is 0 Å². The normalized spacial score (nSPS) is 14.4. The van der Waals surface area contributed by atoms with Gasteiger partial charge in [0.15, 0.2) is 0 Å². The molecule has 0 aliphatic rings. The zero-order valence-corrected chi connectivity index (χ0v) is 13.6. The summed E-state index contributed by atoms with van der Waals surface area (Å²) in [4.78, 5) is 16.1. The molecule has 0 aliphatic heterocycles. The van der Waals surface area contributed by atoms with Crippen LogP contribution >= 0.6 is 0 Å². The van der Waals surface area contributed by atoms with Crippen molar-refractivity contribution in [3.63, 3.8) is 0 Å². The lowest BCUT2D eigenvalue weighted by Gasteiger charge is -2.22. The van der Waals surface area contributed by atoms with Crippen LogP contribution in [0.2, 0.25) is 0 Å². The molecule has 0 aliphatic carbocycles. The molecule has 0 radical (unpaired) electrons. The summed E-state index contributed by atoms with van der Waals surface area (Å²) in [6, 6.07) is 3.62. The highest BCUT2D eigenvalue weighted by molar-refractivity contribution is 5.84. The van der Waals surface area contributed by atoms with Gasteiger partial charge < -0.3 is 15.2 Å². The van der Waals surface area contributed by atoms with E-state index in [0.717, 1.165) is 12.0 Å². The van der Waals surface area contributed by atoms with E-state index >= 15 is 0 Å². The second kappa shape index (κ2) is 6.89. The van der Waals surface area contributed by atoms with Crippen LogP contribution in [0, 0.1) is 0 Å². The third kappa shape index (κ3) is 6.12. The third-order valence-electron chi connectivity index (χ3n) is 2.89. The molecule has 5 nitrogen and oxygen atoms in total. The Morgan fingerprint density at radius 1 is 1.33 bits per heavy atom. The molecule has 1 atom stereocenters. The van der Waals surface area contributed by atoms with Crippen LogP contribution < -0.4 is 10.1 Å². The fourth-order valence-electron chi connectivity index (χ4n) is 1.86. The van der Waals surface area contributed by atoms with Crippen molar-refractivity contribution in [3.8, 4) is 5.88 Å². The van der Waals surface area contributed by atoms with E-state index in [1.165, 1.54) is 6.92 Å². The van der Waals surface area contributed by atoms with Crippen LogP contribution in [0.3, 0.4) is 0 Å². The molecule has 118 valence electrons. The predicted molar refractivity (Wildman–Crippen MR) is 82.0 cm³/mol. The summed E-state index contributed by atoms with van der Waals surface area (Å²) >= 11 is 0. The molecular formula is C16H26N2O3. The highest BCUT2D eigenvalue weighted by Gasteiger charge is 2.28. The van der Waals surface area contributed by atoms with Crippen molar-refractivity contribution < 1.29 is 14.6 Å². The Hall–Kier alpha value is -1.62. The largest absolute Gasteiger partial charge is 0.472 e. The first kappa shape index (κ1) is 17.4. The Morgan fingerprint density at radius 2 is 2.00 bits per heavy atom. The van der Waals surface area contributed by atoms with Gasteiger partial charge in [0.05, 0.1) is 0 Å². The smallest absolute Gasteiger partial charge is 0.251 e. The average Bonchev–Trinajstić information content (AvgIpc) is 2.35. The van der Waals surface area contributed by atoms with Gasteiger partial charge in [0.1, 0.15) is 11.2 Å². The summed E-state index contributed by atoms with van der Waals surface area (Å²) in [5, 5.41) is 12.7. The number of ether oxygens (including phenoxy) is 1. The fourth-order valence-corrected chi connectivity index (χ4v) is 1.86. The highest BCUT2D eigenvalue weighted by atomic mass is 16.5. The summed E-state index contributed by atoms with van der Waals surface area (Å²) in [5.74, 6) is 0.190. The Kier molecular flexibility index (Phi) is 5.72. The van der Waals surface area contributed by atoms with Crippen LogP contribution in [-0.4, -0.2) is 27.2 Å². The number of carbonyl (C=O) groups is 1. The van der Waals surface area contributed by atoms with E-state index in [-0.39, 0.29) is 11.5 Å². The summed E-state index contributed by atoms with van der Waals surface area (Å²) < 4.78 is 5.63. The third-order valence-corrected chi connectivity index (χ3v) is 2.89. The van der Waals surface area contributed by atoms with Gasteiger partial charge in [-0.3, -0.25) is 4.79 Å². The molecule has 1 unspecified atom stereocenters. The van der Waals surface area contributed by atoms with Crippen molar-refractivity contribution in [1.29, 1.82) is 0 Å². The second-order valence-electron chi connectivity index (χ2n) is 6.43. The van der Waals surface area contributed by atoms with Gasteiger partial charge in [-0.15, -0.1) is 0 Å². The molecule has 0 aromatic carbocycles. The number of aliphatic hydroxyl groups is 1. The van der Waals surface area contributed by atoms with Crippen LogP contribution in [0.5, 0.6) is 5.88 Å². The van der Waals surface area contributed by atoms with E-state index in [0.29, 0.717) is 18.8 Å². The van der Waals surface area contributed by atoms with E-state index in [4.69, 9.17) is 4.74 Å². The molecule has 0 saturated heterocycles. The first-order valence-corrected chi connectivity index (χ1v) is 7.28. The molecule has 1 rings (SSSR count). The standard InChI is InChI=1S/C16H26N2O3/c1-6-9-16(5,20)14(19)18-11-12-7-8-13(17-10-12)21-15(2,3)4/h7-8,10,20H,6,9,11H2,1-5H3,(H,18,19). The van der Waals surface area contributed by atoms with Crippen LogP contribution in [0.1, 0.15) is 53.0 Å². The molecule has 0 bridgehead atoms. The van der Waals surface area contributed by atoms with Gasteiger partial charge in [0, 0.05) is 18.8 Å². The molecule has 1 aromatic rings. The first-order chi connectivity index (χ1) is 9.64. The van der Waals surface area contributed by atoms with Crippen LogP contribution in [0.15, 0.2) is 18.3 Å². The SMILES string of the molecule is CCCC(C)(O)C(=O)NCc1ccc(OC(C)(C)C)nc1. The number of nitrogens with zero attached hydrogens (tertiary/aromatic N) is 1. The molecule has 0 fully saturated rings. The Balaban J connectivity index is 2.55. The highest BCUT2D eigenvalue weighted by Crippen LogP contribution is 2.16. The van der Waals surface area contributed by atoms with E-state index in [1.807, 2.05) is 33.8 Å². The van der Waals surface area contributed by atoms with E-state index in [9.17, 15) is 9.90 Å². The quantitative estimate of drug-likeness (QED) is 0.845. The maximum absolute atomic E-state index is 11.9. The Morgan fingerprint density at radius 3 is 2.48 bits per heavy atom. The molecule has 1 amide bonds. The first-order valence-electron chi connectivity index (χ1n) is 7.28. The van der Waals surface area contributed by atoms with Crippen molar-refractivity contribution in [2.24, 2.45) is 0 Å². The predicted octanol–water partition coefficient (Wildman–Crippen LogP) is 2.43. The van der Waals surface area contributed by atoms with Gasteiger partial charge in [-0.05, 0) is 39.7 Å². The molecule has 21 heavy (non-hydrogen) atoms. The number of aromatic nitrogens is 1. The van der Waals surface area contributed by atoms with E-state index in [2.05, 4.69) is 10.3 Å². The summed E-state index contributed by atoms with van der Waals surface area (Å²) in [7, 11) is 0. The lowest BCUT2D eigenvalue weighted by molar-refractivity contribution is -0.138. The van der Waals surface area contributed by atoms with E-state index in [1.54, 1.807) is 12.3 Å². The zero-order valence-electron chi connectivity index (χ0n) is 13.6. The van der Waals surface area contributed by atoms with Crippen molar-refractivity contribution in [1.82, 2.24) is 10.3 Å². The molecule has 5 heteroatoms. The minimum absolute atomic E-state index is 0.290. The summed E-state index contributed by atoms with van der Waals surface area (Å²) in [6.45, 7) is 9.67. The number of nitrogens with one attached hydrogen (secondary N) is 1. The topological polar surface area (TPSA) is 71.5 Å². The van der Waals surface area contributed by atoms with Crippen molar-refractivity contribution >= 4 is 5.91 Å². The van der Waals surface area contributed by atoms with Gasteiger partial charge in [0.25, 0.3) is 5.91 Å². The Bertz CT molecular complexity index is 461. The average molecular weight is 294 g/mol. The van der Waals surface area contributed by atoms with Gasteiger partial charge in [-0.1, -0.05) is 19.4 Å². The van der Waals surface area contributed by atoms with Gasteiger partial charge in [0.2, 0.25) is 5.88 Å². The Labute approximate surface area is 126 Å².